The van der Waals surface area contributed by atoms with E-state index >= 15 is 0 Å². The van der Waals surface area contributed by atoms with Gasteiger partial charge in [-0.2, -0.15) is 13.2 Å². The van der Waals surface area contributed by atoms with Crippen molar-refractivity contribution in [2.24, 2.45) is 5.73 Å². The topological polar surface area (TPSA) is 26.0 Å². The second kappa shape index (κ2) is 4.45. The van der Waals surface area contributed by atoms with Gasteiger partial charge in [0.05, 0.1) is 5.56 Å². The van der Waals surface area contributed by atoms with E-state index in [-0.39, 0.29) is 5.41 Å². The molecule has 0 heterocycles. The molecule has 0 amide bonds. The number of hydrogen-bond acceptors (Lipinski definition) is 1. The standard InChI is InChI=1S/C12H16F3N/c1-3-11(2,8-16)9-4-6-10(7-5-9)12(13,14)15/h4-7H,3,8,16H2,1-2H3. The lowest BCUT2D eigenvalue weighted by atomic mass is 9.80. The predicted molar refractivity (Wildman–Crippen MR) is 58.1 cm³/mol. The third-order valence-electron chi connectivity index (χ3n) is 3.14. The van der Waals surface area contributed by atoms with Gasteiger partial charge in [0.1, 0.15) is 0 Å². The van der Waals surface area contributed by atoms with E-state index in [1.165, 1.54) is 12.1 Å². The molecule has 1 unspecified atom stereocenters. The molecule has 2 N–H and O–H groups in total. The second-order valence-corrected chi connectivity index (χ2v) is 4.19. The highest BCUT2D eigenvalue weighted by Gasteiger charge is 2.31. The van der Waals surface area contributed by atoms with Gasteiger partial charge in [0.15, 0.2) is 0 Å². The summed E-state index contributed by atoms with van der Waals surface area (Å²) in [6.07, 6.45) is -3.47. The van der Waals surface area contributed by atoms with Crippen LogP contribution in [0.1, 0.15) is 31.4 Å². The Balaban J connectivity index is 3.04. The smallest absolute Gasteiger partial charge is 0.330 e. The monoisotopic (exact) mass is 231 g/mol. The summed E-state index contributed by atoms with van der Waals surface area (Å²) in [5, 5.41) is 0. The molecule has 0 saturated carbocycles. The third-order valence-corrected chi connectivity index (χ3v) is 3.14. The van der Waals surface area contributed by atoms with Crippen LogP contribution in [0.3, 0.4) is 0 Å². The molecule has 0 aliphatic carbocycles. The Kier molecular flexibility index (Phi) is 3.63. The molecule has 0 bridgehead atoms. The number of rotatable bonds is 3. The predicted octanol–water partition coefficient (Wildman–Crippen LogP) is 3.33. The van der Waals surface area contributed by atoms with E-state index in [0.717, 1.165) is 24.1 Å². The fourth-order valence-corrected chi connectivity index (χ4v) is 1.53. The summed E-state index contributed by atoms with van der Waals surface area (Å²) in [6, 6.07) is 5.25. The highest BCUT2D eigenvalue weighted by Crippen LogP contribution is 2.32. The third kappa shape index (κ3) is 2.55. The number of alkyl halides is 3. The van der Waals surface area contributed by atoms with Crippen LogP contribution in [0.15, 0.2) is 24.3 Å². The van der Waals surface area contributed by atoms with E-state index in [0.29, 0.717) is 6.54 Å². The van der Waals surface area contributed by atoms with Crippen molar-refractivity contribution < 1.29 is 13.2 Å². The molecule has 1 nitrogen and oxygen atoms in total. The Labute approximate surface area is 93.5 Å². The van der Waals surface area contributed by atoms with Crippen LogP contribution in [-0.4, -0.2) is 6.54 Å². The molecule has 0 aliphatic rings. The summed E-state index contributed by atoms with van der Waals surface area (Å²) < 4.78 is 37.1. The summed E-state index contributed by atoms with van der Waals surface area (Å²) in [4.78, 5) is 0. The van der Waals surface area contributed by atoms with E-state index in [2.05, 4.69) is 0 Å². The van der Waals surface area contributed by atoms with Gasteiger partial charge in [0.25, 0.3) is 0 Å². The number of benzene rings is 1. The van der Waals surface area contributed by atoms with Crippen LogP contribution in [0.4, 0.5) is 13.2 Å². The molecule has 0 fully saturated rings. The first-order valence-electron chi connectivity index (χ1n) is 5.21. The van der Waals surface area contributed by atoms with Gasteiger partial charge in [-0.3, -0.25) is 0 Å². The van der Waals surface area contributed by atoms with Gasteiger partial charge in [-0.15, -0.1) is 0 Å². The van der Waals surface area contributed by atoms with Crippen LogP contribution < -0.4 is 5.73 Å². The maximum Gasteiger partial charge on any atom is 0.416 e. The average Bonchev–Trinajstić information content (AvgIpc) is 2.27. The van der Waals surface area contributed by atoms with Gasteiger partial charge in [-0.25, -0.2) is 0 Å². The fraction of sp³-hybridized carbons (Fsp3) is 0.500. The van der Waals surface area contributed by atoms with Crippen molar-refractivity contribution >= 4 is 0 Å². The van der Waals surface area contributed by atoms with Crippen molar-refractivity contribution in [2.45, 2.75) is 31.9 Å². The van der Waals surface area contributed by atoms with E-state index in [1.807, 2.05) is 13.8 Å². The van der Waals surface area contributed by atoms with Crippen molar-refractivity contribution in [3.63, 3.8) is 0 Å². The van der Waals surface area contributed by atoms with E-state index in [9.17, 15) is 13.2 Å². The molecule has 1 atom stereocenters. The maximum atomic E-state index is 12.4. The normalized spacial score (nSPS) is 15.9. The van der Waals surface area contributed by atoms with Crippen LogP contribution in [0.2, 0.25) is 0 Å². The first-order valence-corrected chi connectivity index (χ1v) is 5.21. The zero-order valence-electron chi connectivity index (χ0n) is 9.43. The second-order valence-electron chi connectivity index (χ2n) is 4.19. The van der Waals surface area contributed by atoms with Crippen molar-refractivity contribution in [1.82, 2.24) is 0 Å². The minimum Gasteiger partial charge on any atom is -0.330 e. The quantitative estimate of drug-likeness (QED) is 0.848. The molecule has 0 aliphatic heterocycles. The first-order chi connectivity index (χ1) is 7.33. The molecule has 1 aromatic carbocycles. The fourth-order valence-electron chi connectivity index (χ4n) is 1.53. The minimum atomic E-state index is -4.27. The molecule has 1 aromatic rings. The molecule has 1 rings (SSSR count). The van der Waals surface area contributed by atoms with Crippen molar-refractivity contribution in [3.8, 4) is 0 Å². The molecule has 4 heteroatoms. The highest BCUT2D eigenvalue weighted by molar-refractivity contribution is 5.30. The average molecular weight is 231 g/mol. The van der Waals surface area contributed by atoms with E-state index in [4.69, 9.17) is 5.73 Å². The summed E-state index contributed by atoms with van der Waals surface area (Å²) in [6.45, 7) is 4.36. The van der Waals surface area contributed by atoms with Gasteiger partial charge in [-0.1, -0.05) is 26.0 Å². The molecule has 0 saturated heterocycles. The van der Waals surface area contributed by atoms with Crippen molar-refractivity contribution in [1.29, 1.82) is 0 Å². The summed E-state index contributed by atoms with van der Waals surface area (Å²) in [5.41, 5.74) is 5.64. The first kappa shape index (κ1) is 13.0. The van der Waals surface area contributed by atoms with Crippen molar-refractivity contribution in [3.05, 3.63) is 35.4 Å². The Morgan fingerprint density at radius 2 is 1.50 bits per heavy atom. The largest absolute Gasteiger partial charge is 0.416 e. The summed E-state index contributed by atoms with van der Waals surface area (Å²) >= 11 is 0. The lowest BCUT2D eigenvalue weighted by Crippen LogP contribution is -2.31. The molecule has 90 valence electrons. The minimum absolute atomic E-state index is 0.246. The number of hydrogen-bond donors (Lipinski definition) is 1. The van der Waals surface area contributed by atoms with Crippen LogP contribution in [-0.2, 0) is 11.6 Å². The molecular formula is C12H16F3N. The maximum absolute atomic E-state index is 12.4. The summed E-state index contributed by atoms with van der Waals surface area (Å²) in [7, 11) is 0. The van der Waals surface area contributed by atoms with E-state index < -0.39 is 11.7 Å². The number of halogens is 3. The lowest BCUT2D eigenvalue weighted by Gasteiger charge is -2.27. The Bertz CT molecular complexity index is 336. The van der Waals surface area contributed by atoms with Crippen LogP contribution in [0.5, 0.6) is 0 Å². The van der Waals surface area contributed by atoms with Gasteiger partial charge in [0.2, 0.25) is 0 Å². The Morgan fingerprint density at radius 1 is 1.06 bits per heavy atom. The Morgan fingerprint density at radius 3 is 1.81 bits per heavy atom. The molecule has 0 spiro atoms. The zero-order chi connectivity index (χ0) is 12.4. The van der Waals surface area contributed by atoms with Gasteiger partial charge < -0.3 is 5.73 Å². The van der Waals surface area contributed by atoms with Gasteiger partial charge >= 0.3 is 6.18 Å². The summed E-state index contributed by atoms with van der Waals surface area (Å²) in [5.74, 6) is 0. The SMILES string of the molecule is CCC(C)(CN)c1ccc(C(F)(F)F)cc1. The highest BCUT2D eigenvalue weighted by atomic mass is 19.4. The van der Waals surface area contributed by atoms with Crippen molar-refractivity contribution in [2.75, 3.05) is 6.54 Å². The molecule has 0 radical (unpaired) electrons. The molecular weight excluding hydrogens is 215 g/mol. The number of nitrogens with two attached hydrogens (primary N) is 1. The van der Waals surface area contributed by atoms with Crippen LogP contribution in [0, 0.1) is 0 Å². The molecule has 16 heavy (non-hydrogen) atoms. The van der Waals surface area contributed by atoms with Gasteiger partial charge in [0, 0.05) is 12.0 Å². The van der Waals surface area contributed by atoms with Gasteiger partial charge in [-0.05, 0) is 24.1 Å². The van der Waals surface area contributed by atoms with Crippen LogP contribution in [0.25, 0.3) is 0 Å². The zero-order valence-corrected chi connectivity index (χ0v) is 9.43. The van der Waals surface area contributed by atoms with E-state index in [1.54, 1.807) is 0 Å². The Hall–Kier alpha value is -1.03. The lowest BCUT2D eigenvalue weighted by molar-refractivity contribution is -0.137. The van der Waals surface area contributed by atoms with Crippen LogP contribution >= 0.6 is 0 Å². The molecule has 0 aromatic heterocycles.